The topological polar surface area (TPSA) is 110 Å². The van der Waals surface area contributed by atoms with Crippen LogP contribution in [0.15, 0.2) is 40.6 Å². The van der Waals surface area contributed by atoms with Gasteiger partial charge in [-0.15, -0.1) is 11.3 Å². The van der Waals surface area contributed by atoms with Gasteiger partial charge in [0.2, 0.25) is 15.9 Å². The third-order valence-corrected chi connectivity index (χ3v) is 8.78. The molecule has 174 valence electrons. The second-order valence-electron chi connectivity index (χ2n) is 9.21. The maximum absolute atomic E-state index is 13.1. The van der Waals surface area contributed by atoms with Crippen molar-refractivity contribution < 1.29 is 18.1 Å². The molecule has 0 spiro atoms. The summed E-state index contributed by atoms with van der Waals surface area (Å²) in [6, 6.07) is 7.70. The Morgan fingerprint density at radius 3 is 2.44 bits per heavy atom. The van der Waals surface area contributed by atoms with E-state index in [1.165, 1.54) is 16.4 Å². The molecule has 8 nitrogen and oxygen atoms in total. The van der Waals surface area contributed by atoms with Crippen LogP contribution in [-0.2, 0) is 14.8 Å². The summed E-state index contributed by atoms with van der Waals surface area (Å²) in [6.07, 6.45) is 0.806. The average Bonchev–Trinajstić information content (AvgIpc) is 3.25. The van der Waals surface area contributed by atoms with Gasteiger partial charge in [-0.1, -0.05) is 32.9 Å². The normalized spacial score (nSPS) is 17.1. The van der Waals surface area contributed by atoms with Gasteiger partial charge in [-0.05, 0) is 42.2 Å². The van der Waals surface area contributed by atoms with E-state index in [0.717, 1.165) is 10.9 Å². The molecule has 1 saturated heterocycles. The molecule has 1 aliphatic rings. The molecule has 1 aromatic heterocycles. The summed E-state index contributed by atoms with van der Waals surface area (Å²) >= 11 is 1.60. The lowest BCUT2D eigenvalue weighted by molar-refractivity contribution is -0.385. The van der Waals surface area contributed by atoms with E-state index in [1.807, 2.05) is 17.5 Å². The van der Waals surface area contributed by atoms with E-state index in [-0.39, 0.29) is 47.0 Å². The second-order valence-corrected chi connectivity index (χ2v) is 12.1. The lowest BCUT2D eigenvalue weighted by atomic mass is 9.85. The highest BCUT2D eigenvalue weighted by atomic mass is 32.2. The summed E-state index contributed by atoms with van der Waals surface area (Å²) < 4.78 is 27.6. The zero-order chi connectivity index (χ0) is 23.7. The van der Waals surface area contributed by atoms with Crippen molar-refractivity contribution in [1.82, 2.24) is 9.62 Å². The minimum absolute atomic E-state index is 0.0555. The molecule has 1 N–H and O–H groups in total. The molecule has 2 heterocycles. The Kier molecular flexibility index (Phi) is 7.06. The van der Waals surface area contributed by atoms with Gasteiger partial charge < -0.3 is 5.32 Å². The van der Waals surface area contributed by atoms with Gasteiger partial charge in [0, 0.05) is 36.0 Å². The lowest BCUT2D eigenvalue weighted by Crippen LogP contribution is -2.45. The predicted molar refractivity (Wildman–Crippen MR) is 124 cm³/mol. The smallest absolute Gasteiger partial charge is 0.270 e. The SMILES string of the molecule is Cc1ccc([N+](=O)[O-])cc1S(=O)(=O)N1CCC(C(=O)NC(c2cccs2)C(C)(C)C)CC1. The van der Waals surface area contributed by atoms with E-state index in [2.05, 4.69) is 26.1 Å². The summed E-state index contributed by atoms with van der Waals surface area (Å²) in [4.78, 5) is 24.5. The van der Waals surface area contributed by atoms with Gasteiger partial charge in [-0.25, -0.2) is 8.42 Å². The van der Waals surface area contributed by atoms with Crippen LogP contribution in [0, 0.1) is 28.4 Å². The standard InChI is InChI=1S/C22H29N3O5S2/c1-15-7-8-17(25(27)28)14-19(15)32(29,30)24-11-9-16(10-12-24)21(26)23-20(22(2,3)4)18-6-5-13-31-18/h5-8,13-14,16,20H,9-12H2,1-4H3,(H,23,26). The van der Waals surface area contributed by atoms with Gasteiger partial charge in [0.25, 0.3) is 5.69 Å². The summed E-state index contributed by atoms with van der Waals surface area (Å²) in [5.74, 6) is -0.348. The van der Waals surface area contributed by atoms with Crippen LogP contribution in [0.4, 0.5) is 5.69 Å². The molecule has 1 amide bonds. The van der Waals surface area contributed by atoms with E-state index in [4.69, 9.17) is 0 Å². The molecule has 2 aromatic rings. The number of aryl methyl sites for hydroxylation is 1. The summed E-state index contributed by atoms with van der Waals surface area (Å²) in [7, 11) is -3.88. The van der Waals surface area contributed by atoms with Gasteiger partial charge in [0.05, 0.1) is 15.9 Å². The summed E-state index contributed by atoms with van der Waals surface area (Å²) in [5.41, 5.74) is 0.0362. The van der Waals surface area contributed by atoms with Crippen LogP contribution in [0.3, 0.4) is 0 Å². The number of thiophene rings is 1. The first-order chi connectivity index (χ1) is 14.9. The molecule has 1 atom stereocenters. The fourth-order valence-electron chi connectivity index (χ4n) is 3.91. The maximum Gasteiger partial charge on any atom is 0.270 e. The first-order valence-electron chi connectivity index (χ1n) is 10.5. The third kappa shape index (κ3) is 5.19. The second kappa shape index (κ2) is 9.29. The van der Waals surface area contributed by atoms with Crippen LogP contribution in [0.25, 0.3) is 0 Å². The minimum Gasteiger partial charge on any atom is -0.348 e. The molecule has 0 bridgehead atoms. The van der Waals surface area contributed by atoms with Gasteiger partial charge in [0.15, 0.2) is 0 Å². The molecule has 0 saturated carbocycles. The number of nitrogens with zero attached hydrogens (tertiary/aromatic N) is 2. The highest BCUT2D eigenvalue weighted by Crippen LogP contribution is 2.36. The third-order valence-electron chi connectivity index (χ3n) is 5.81. The fourth-order valence-corrected chi connectivity index (χ4v) is 6.64. The minimum atomic E-state index is -3.88. The molecule has 1 aliphatic heterocycles. The van der Waals surface area contributed by atoms with Gasteiger partial charge in [-0.3, -0.25) is 14.9 Å². The average molecular weight is 480 g/mol. The number of sulfonamides is 1. The quantitative estimate of drug-likeness (QED) is 0.491. The van der Waals surface area contributed by atoms with E-state index in [0.29, 0.717) is 18.4 Å². The number of rotatable bonds is 6. The van der Waals surface area contributed by atoms with Crippen molar-refractivity contribution in [2.24, 2.45) is 11.3 Å². The zero-order valence-corrected chi connectivity index (χ0v) is 20.3. The highest BCUT2D eigenvalue weighted by molar-refractivity contribution is 7.89. The number of amides is 1. The number of benzene rings is 1. The van der Waals surface area contributed by atoms with Crippen molar-refractivity contribution in [3.63, 3.8) is 0 Å². The van der Waals surface area contributed by atoms with Gasteiger partial charge in [0.1, 0.15) is 0 Å². The first-order valence-corrected chi connectivity index (χ1v) is 12.8. The van der Waals surface area contributed by atoms with Crippen molar-refractivity contribution >= 4 is 33.0 Å². The van der Waals surface area contributed by atoms with Crippen molar-refractivity contribution in [2.45, 2.75) is 51.5 Å². The van der Waals surface area contributed by atoms with Crippen LogP contribution in [-0.4, -0.2) is 36.6 Å². The van der Waals surface area contributed by atoms with E-state index < -0.39 is 14.9 Å². The van der Waals surface area contributed by atoms with E-state index in [9.17, 15) is 23.3 Å². The molecule has 1 unspecified atom stereocenters. The Morgan fingerprint density at radius 2 is 1.91 bits per heavy atom. The summed E-state index contributed by atoms with van der Waals surface area (Å²) in [5, 5.41) is 16.2. The fraction of sp³-hybridized carbons (Fsp3) is 0.500. The summed E-state index contributed by atoms with van der Waals surface area (Å²) in [6.45, 7) is 8.24. The molecule has 10 heteroatoms. The van der Waals surface area contributed by atoms with Crippen LogP contribution >= 0.6 is 11.3 Å². The number of nitro benzene ring substituents is 1. The zero-order valence-electron chi connectivity index (χ0n) is 18.7. The Balaban J connectivity index is 1.70. The van der Waals surface area contributed by atoms with Crippen molar-refractivity contribution in [3.05, 3.63) is 56.3 Å². The number of hydrogen-bond acceptors (Lipinski definition) is 6. The Hall–Kier alpha value is -2.30. The maximum atomic E-state index is 13.1. The van der Waals surface area contributed by atoms with E-state index >= 15 is 0 Å². The molecule has 0 radical (unpaired) electrons. The molecule has 32 heavy (non-hydrogen) atoms. The van der Waals surface area contributed by atoms with Crippen molar-refractivity contribution in [1.29, 1.82) is 0 Å². The van der Waals surface area contributed by atoms with Crippen LogP contribution in [0.2, 0.25) is 0 Å². The van der Waals surface area contributed by atoms with Gasteiger partial charge >= 0.3 is 0 Å². The molecule has 3 rings (SSSR count). The van der Waals surface area contributed by atoms with Crippen LogP contribution in [0.5, 0.6) is 0 Å². The number of piperidine rings is 1. The van der Waals surface area contributed by atoms with Gasteiger partial charge in [-0.2, -0.15) is 4.31 Å². The lowest BCUT2D eigenvalue weighted by Gasteiger charge is -2.35. The molecule has 0 aliphatic carbocycles. The number of carbonyl (C=O) groups is 1. The highest BCUT2D eigenvalue weighted by Gasteiger charge is 2.36. The number of non-ortho nitro benzene ring substituents is 1. The Bertz CT molecular complexity index is 1080. The number of carbonyl (C=O) groups excluding carboxylic acids is 1. The number of nitrogens with one attached hydrogen (secondary N) is 1. The molecular formula is C22H29N3O5S2. The monoisotopic (exact) mass is 479 g/mol. The largest absolute Gasteiger partial charge is 0.348 e. The van der Waals surface area contributed by atoms with Crippen LogP contribution in [0.1, 0.15) is 50.1 Å². The van der Waals surface area contributed by atoms with E-state index in [1.54, 1.807) is 18.3 Å². The van der Waals surface area contributed by atoms with Crippen LogP contribution < -0.4 is 5.32 Å². The van der Waals surface area contributed by atoms with Crippen molar-refractivity contribution in [2.75, 3.05) is 13.1 Å². The molecular weight excluding hydrogens is 450 g/mol. The van der Waals surface area contributed by atoms with Crippen molar-refractivity contribution in [3.8, 4) is 0 Å². The Morgan fingerprint density at radius 1 is 1.25 bits per heavy atom. The molecule has 1 aromatic carbocycles. The Labute approximate surface area is 192 Å². The predicted octanol–water partition coefficient (Wildman–Crippen LogP) is 4.27. The molecule has 1 fully saturated rings. The number of nitro groups is 1. The number of hydrogen-bond donors (Lipinski definition) is 1. The first kappa shape index (κ1) is 24.3.